The van der Waals surface area contributed by atoms with Gasteiger partial charge in [-0.3, -0.25) is 0 Å². The van der Waals surface area contributed by atoms with Crippen LogP contribution in [0.4, 0.5) is 10.1 Å². The zero-order valence-corrected chi connectivity index (χ0v) is 14.6. The fourth-order valence-electron chi connectivity index (χ4n) is 2.60. The number of hydrogen-bond donors (Lipinski definition) is 1. The van der Waals surface area contributed by atoms with Crippen molar-refractivity contribution in [2.45, 2.75) is 26.8 Å². The summed E-state index contributed by atoms with van der Waals surface area (Å²) in [6.45, 7) is 6.79. The molecule has 0 aliphatic carbocycles. The van der Waals surface area contributed by atoms with Crippen molar-refractivity contribution in [3.8, 4) is 0 Å². The van der Waals surface area contributed by atoms with Crippen molar-refractivity contribution in [2.75, 3.05) is 11.9 Å². The van der Waals surface area contributed by atoms with Gasteiger partial charge < -0.3 is 5.32 Å². The van der Waals surface area contributed by atoms with Gasteiger partial charge in [-0.15, -0.1) is 0 Å². The lowest BCUT2D eigenvalue weighted by molar-refractivity contribution is 0.424. The number of para-hydroxylation sites is 1. The van der Waals surface area contributed by atoms with E-state index in [-0.39, 0.29) is 17.3 Å². The number of nitrogens with one attached hydrogen (secondary N) is 1. The van der Waals surface area contributed by atoms with E-state index in [4.69, 9.17) is 12.2 Å². The Morgan fingerprint density at radius 2 is 2.08 bits per heavy atom. The third kappa shape index (κ3) is 3.28. The number of hydrazone groups is 1. The van der Waals surface area contributed by atoms with E-state index in [1.165, 1.54) is 12.4 Å². The standard InChI is InChI=1S/C16H19FN6S/c1-16(2,3)14-13(23-10-18-9-19-23)8-22(21-14)15(24)20-12-7-5-4-6-11(12)17/h4-7,9-10,13H,8H2,1-3H3,(H,20,24). The van der Waals surface area contributed by atoms with Gasteiger partial charge in [-0.2, -0.15) is 10.2 Å². The molecule has 1 aromatic heterocycles. The van der Waals surface area contributed by atoms with Crippen molar-refractivity contribution in [3.05, 3.63) is 42.7 Å². The number of aromatic nitrogens is 3. The van der Waals surface area contributed by atoms with Crippen molar-refractivity contribution >= 4 is 28.7 Å². The summed E-state index contributed by atoms with van der Waals surface area (Å²) < 4.78 is 15.6. The topological polar surface area (TPSA) is 58.3 Å². The summed E-state index contributed by atoms with van der Waals surface area (Å²) in [6, 6.07) is 6.35. The number of hydrogen-bond acceptors (Lipinski definition) is 4. The van der Waals surface area contributed by atoms with Crippen molar-refractivity contribution < 1.29 is 4.39 Å². The highest BCUT2D eigenvalue weighted by atomic mass is 32.1. The molecule has 3 rings (SSSR count). The number of benzene rings is 1. The van der Waals surface area contributed by atoms with Crippen LogP contribution >= 0.6 is 12.2 Å². The highest BCUT2D eigenvalue weighted by Crippen LogP contribution is 2.30. The van der Waals surface area contributed by atoms with Crippen LogP contribution in [0.1, 0.15) is 26.8 Å². The van der Waals surface area contributed by atoms with Crippen molar-refractivity contribution in [1.82, 2.24) is 19.8 Å². The summed E-state index contributed by atoms with van der Waals surface area (Å²) in [7, 11) is 0. The first kappa shape index (κ1) is 16.5. The minimum Gasteiger partial charge on any atom is -0.329 e. The molecule has 8 heteroatoms. The smallest absolute Gasteiger partial charge is 0.194 e. The van der Waals surface area contributed by atoms with Gasteiger partial charge in [0.25, 0.3) is 0 Å². The molecule has 0 radical (unpaired) electrons. The summed E-state index contributed by atoms with van der Waals surface area (Å²) in [5.74, 6) is -0.355. The van der Waals surface area contributed by atoms with Crippen LogP contribution < -0.4 is 5.32 Å². The summed E-state index contributed by atoms with van der Waals surface area (Å²) in [4.78, 5) is 4.01. The molecule has 6 nitrogen and oxygen atoms in total. The third-order valence-electron chi connectivity index (χ3n) is 3.76. The maximum absolute atomic E-state index is 13.8. The van der Waals surface area contributed by atoms with Gasteiger partial charge in [-0.1, -0.05) is 32.9 Å². The lowest BCUT2D eigenvalue weighted by atomic mass is 9.86. The van der Waals surface area contributed by atoms with Crippen molar-refractivity contribution in [2.24, 2.45) is 10.5 Å². The number of halogens is 1. The van der Waals surface area contributed by atoms with E-state index in [0.29, 0.717) is 17.3 Å². The molecule has 24 heavy (non-hydrogen) atoms. The van der Waals surface area contributed by atoms with Gasteiger partial charge in [0.05, 0.1) is 17.9 Å². The van der Waals surface area contributed by atoms with Gasteiger partial charge in [0, 0.05) is 5.41 Å². The Labute approximate surface area is 145 Å². The van der Waals surface area contributed by atoms with Crippen molar-refractivity contribution in [1.29, 1.82) is 0 Å². The first-order valence-corrected chi connectivity index (χ1v) is 8.03. The van der Waals surface area contributed by atoms with E-state index in [1.54, 1.807) is 34.2 Å². The molecule has 1 aromatic carbocycles. The Morgan fingerprint density at radius 3 is 2.71 bits per heavy atom. The highest BCUT2D eigenvalue weighted by molar-refractivity contribution is 7.80. The van der Waals surface area contributed by atoms with E-state index in [1.807, 2.05) is 0 Å². The Kier molecular flexibility index (Phi) is 4.31. The Morgan fingerprint density at radius 1 is 1.33 bits per heavy atom. The van der Waals surface area contributed by atoms with Crippen LogP contribution in [0.3, 0.4) is 0 Å². The van der Waals surface area contributed by atoms with Crippen LogP contribution in [-0.2, 0) is 0 Å². The molecule has 1 aliphatic rings. The van der Waals surface area contributed by atoms with Gasteiger partial charge in [-0.05, 0) is 24.4 Å². The zero-order chi connectivity index (χ0) is 17.3. The van der Waals surface area contributed by atoms with E-state index in [0.717, 1.165) is 5.71 Å². The minimum absolute atomic E-state index is 0.0622. The molecule has 126 valence electrons. The number of rotatable bonds is 2. The first-order valence-electron chi connectivity index (χ1n) is 7.62. The van der Waals surface area contributed by atoms with Crippen LogP contribution in [0, 0.1) is 11.2 Å². The fourth-order valence-corrected chi connectivity index (χ4v) is 2.82. The predicted octanol–water partition coefficient (Wildman–Crippen LogP) is 3.07. The lowest BCUT2D eigenvalue weighted by Gasteiger charge is -2.23. The van der Waals surface area contributed by atoms with Gasteiger partial charge in [0.1, 0.15) is 24.5 Å². The molecular formula is C16H19FN6S. The molecule has 2 heterocycles. The van der Waals surface area contributed by atoms with Gasteiger partial charge >= 0.3 is 0 Å². The van der Waals surface area contributed by atoms with Crippen molar-refractivity contribution in [3.63, 3.8) is 0 Å². The molecule has 0 fully saturated rings. The molecule has 1 aliphatic heterocycles. The lowest BCUT2D eigenvalue weighted by Crippen LogP contribution is -2.33. The quantitative estimate of drug-likeness (QED) is 0.847. The molecule has 0 saturated carbocycles. The highest BCUT2D eigenvalue weighted by Gasteiger charge is 2.37. The Bertz CT molecular complexity index is 765. The van der Waals surface area contributed by atoms with E-state index in [2.05, 4.69) is 41.3 Å². The molecule has 1 unspecified atom stereocenters. The van der Waals surface area contributed by atoms with E-state index < -0.39 is 0 Å². The second kappa shape index (κ2) is 6.27. The molecule has 0 bridgehead atoms. The first-order chi connectivity index (χ1) is 11.4. The second-order valence-electron chi connectivity index (χ2n) is 6.62. The minimum atomic E-state index is -0.355. The van der Waals surface area contributed by atoms with E-state index in [9.17, 15) is 4.39 Å². The predicted molar refractivity (Wildman–Crippen MR) is 95.3 cm³/mol. The Balaban J connectivity index is 1.83. The maximum atomic E-state index is 13.8. The van der Waals surface area contributed by atoms with Crippen LogP contribution in [0.5, 0.6) is 0 Å². The summed E-state index contributed by atoms with van der Waals surface area (Å²) >= 11 is 5.41. The van der Waals surface area contributed by atoms with Gasteiger partial charge in [-0.25, -0.2) is 19.1 Å². The van der Waals surface area contributed by atoms with Gasteiger partial charge in [0.15, 0.2) is 5.11 Å². The largest absolute Gasteiger partial charge is 0.329 e. The molecule has 0 amide bonds. The SMILES string of the molecule is CC(C)(C)C1=NN(C(=S)Nc2ccccc2F)CC1n1cncn1. The molecule has 0 saturated heterocycles. The average Bonchev–Trinajstić information content (AvgIpc) is 3.17. The van der Waals surface area contributed by atoms with Crippen LogP contribution in [0.25, 0.3) is 0 Å². The summed E-state index contributed by atoms with van der Waals surface area (Å²) in [6.07, 6.45) is 3.17. The summed E-state index contributed by atoms with van der Waals surface area (Å²) in [5.41, 5.74) is 1.13. The fraction of sp³-hybridized carbons (Fsp3) is 0.375. The van der Waals surface area contributed by atoms with Crippen LogP contribution in [0.2, 0.25) is 0 Å². The maximum Gasteiger partial charge on any atom is 0.194 e. The van der Waals surface area contributed by atoms with Crippen LogP contribution in [0.15, 0.2) is 42.0 Å². The summed E-state index contributed by atoms with van der Waals surface area (Å²) in [5, 5.41) is 13.8. The number of thiocarbonyl (C=S) groups is 1. The Hall–Kier alpha value is -2.35. The monoisotopic (exact) mass is 346 g/mol. The second-order valence-corrected chi connectivity index (χ2v) is 7.01. The molecule has 1 atom stereocenters. The van der Waals surface area contributed by atoms with Crippen LogP contribution in [-0.4, -0.2) is 37.1 Å². The normalized spacial score (nSPS) is 17.8. The zero-order valence-electron chi connectivity index (χ0n) is 13.8. The van der Waals surface area contributed by atoms with Gasteiger partial charge in [0.2, 0.25) is 0 Å². The third-order valence-corrected chi connectivity index (χ3v) is 4.08. The number of anilines is 1. The van der Waals surface area contributed by atoms with E-state index >= 15 is 0 Å². The molecule has 0 spiro atoms. The molecule has 2 aromatic rings. The average molecular weight is 346 g/mol. The molecule has 1 N–H and O–H groups in total. The number of nitrogens with zero attached hydrogens (tertiary/aromatic N) is 5. The molecular weight excluding hydrogens is 327 g/mol.